The van der Waals surface area contributed by atoms with Crippen molar-refractivity contribution in [1.29, 1.82) is 0 Å². The summed E-state index contributed by atoms with van der Waals surface area (Å²) in [6.45, 7) is 0. The van der Waals surface area contributed by atoms with Gasteiger partial charge in [0, 0.05) is 16.6 Å². The van der Waals surface area contributed by atoms with Crippen LogP contribution in [0.3, 0.4) is 0 Å². The van der Waals surface area contributed by atoms with Crippen molar-refractivity contribution in [3.05, 3.63) is 78.2 Å². The molecule has 2 aromatic carbocycles. The average Bonchev–Trinajstić information content (AvgIpc) is 2.64. The molecule has 0 saturated carbocycles. The standard InChI is InChI=1S/C19H15FN2O2S/c1-25-16-11-9-15(10-12-16)24-18-4-2-3-17(22-18)19(23)21-14-7-5-13(20)6-8-14/h2-12H,1H3,(H,21,23). The Balaban J connectivity index is 1.71. The monoisotopic (exact) mass is 354 g/mol. The van der Waals surface area contributed by atoms with E-state index in [1.54, 1.807) is 30.0 Å². The molecule has 0 radical (unpaired) electrons. The molecule has 0 aliphatic carbocycles. The van der Waals surface area contributed by atoms with Gasteiger partial charge >= 0.3 is 0 Å². The molecule has 1 amide bonds. The van der Waals surface area contributed by atoms with Gasteiger partial charge in [-0.15, -0.1) is 11.8 Å². The van der Waals surface area contributed by atoms with E-state index in [9.17, 15) is 9.18 Å². The van der Waals surface area contributed by atoms with Crippen molar-refractivity contribution in [2.75, 3.05) is 11.6 Å². The topological polar surface area (TPSA) is 51.2 Å². The Morgan fingerprint density at radius 3 is 2.44 bits per heavy atom. The van der Waals surface area contributed by atoms with E-state index in [2.05, 4.69) is 10.3 Å². The lowest BCUT2D eigenvalue weighted by molar-refractivity contribution is 0.102. The molecule has 1 aromatic heterocycles. The highest BCUT2D eigenvalue weighted by atomic mass is 32.2. The average molecular weight is 354 g/mol. The highest BCUT2D eigenvalue weighted by Crippen LogP contribution is 2.23. The molecule has 126 valence electrons. The molecular weight excluding hydrogens is 339 g/mol. The Morgan fingerprint density at radius 2 is 1.76 bits per heavy atom. The number of carbonyl (C=O) groups is 1. The van der Waals surface area contributed by atoms with Crippen LogP contribution in [0.25, 0.3) is 0 Å². The van der Waals surface area contributed by atoms with Gasteiger partial charge in [-0.05, 0) is 60.9 Å². The van der Waals surface area contributed by atoms with Crippen molar-refractivity contribution in [3.63, 3.8) is 0 Å². The van der Waals surface area contributed by atoms with Gasteiger partial charge in [-0.1, -0.05) is 6.07 Å². The van der Waals surface area contributed by atoms with E-state index in [1.807, 2.05) is 30.5 Å². The van der Waals surface area contributed by atoms with Crippen molar-refractivity contribution in [3.8, 4) is 11.6 Å². The Morgan fingerprint density at radius 1 is 1.04 bits per heavy atom. The number of halogens is 1. The molecule has 0 saturated heterocycles. The Hall–Kier alpha value is -2.86. The normalized spacial score (nSPS) is 10.3. The number of aromatic nitrogens is 1. The Labute approximate surface area is 149 Å². The van der Waals surface area contributed by atoms with Crippen molar-refractivity contribution >= 4 is 23.4 Å². The van der Waals surface area contributed by atoms with Gasteiger partial charge in [-0.25, -0.2) is 9.37 Å². The fourth-order valence-corrected chi connectivity index (χ4v) is 2.50. The summed E-state index contributed by atoms with van der Waals surface area (Å²) in [7, 11) is 0. The lowest BCUT2D eigenvalue weighted by Crippen LogP contribution is -2.13. The third-order valence-electron chi connectivity index (χ3n) is 3.34. The summed E-state index contributed by atoms with van der Waals surface area (Å²) in [6, 6.07) is 18.1. The minimum Gasteiger partial charge on any atom is -0.439 e. The Kier molecular flexibility index (Phi) is 5.30. The summed E-state index contributed by atoms with van der Waals surface area (Å²) in [5.74, 6) is 0.207. The highest BCUT2D eigenvalue weighted by molar-refractivity contribution is 7.98. The Bertz CT molecular complexity index is 867. The second-order valence-corrected chi connectivity index (χ2v) is 5.98. The fourth-order valence-electron chi connectivity index (χ4n) is 2.09. The molecule has 6 heteroatoms. The molecule has 25 heavy (non-hydrogen) atoms. The highest BCUT2D eigenvalue weighted by Gasteiger charge is 2.09. The maximum atomic E-state index is 12.9. The molecule has 0 atom stereocenters. The number of hydrogen-bond donors (Lipinski definition) is 1. The number of thioether (sulfide) groups is 1. The van der Waals surface area contributed by atoms with Gasteiger partial charge in [-0.3, -0.25) is 4.79 Å². The molecule has 1 N–H and O–H groups in total. The van der Waals surface area contributed by atoms with Crippen LogP contribution < -0.4 is 10.1 Å². The van der Waals surface area contributed by atoms with Crippen molar-refractivity contribution in [1.82, 2.24) is 4.98 Å². The number of anilines is 1. The number of hydrogen-bond acceptors (Lipinski definition) is 4. The van der Waals surface area contributed by atoms with Crippen molar-refractivity contribution < 1.29 is 13.9 Å². The van der Waals surface area contributed by atoms with Crippen LogP contribution in [-0.2, 0) is 0 Å². The summed E-state index contributed by atoms with van der Waals surface area (Å²) in [5.41, 5.74) is 0.703. The fraction of sp³-hybridized carbons (Fsp3) is 0.0526. The third kappa shape index (κ3) is 4.58. The zero-order chi connectivity index (χ0) is 17.6. The molecule has 1 heterocycles. The number of pyridine rings is 1. The lowest BCUT2D eigenvalue weighted by Gasteiger charge is -2.08. The predicted molar refractivity (Wildman–Crippen MR) is 96.9 cm³/mol. The summed E-state index contributed by atoms with van der Waals surface area (Å²) in [6.07, 6.45) is 2.00. The zero-order valence-corrected chi connectivity index (χ0v) is 14.2. The van der Waals surface area contributed by atoms with Crippen LogP contribution in [0.2, 0.25) is 0 Å². The minimum atomic E-state index is -0.394. The van der Waals surface area contributed by atoms with E-state index in [-0.39, 0.29) is 11.5 Å². The maximum absolute atomic E-state index is 12.9. The van der Waals surface area contributed by atoms with Crippen molar-refractivity contribution in [2.45, 2.75) is 4.90 Å². The smallest absolute Gasteiger partial charge is 0.274 e. The summed E-state index contributed by atoms with van der Waals surface area (Å²) < 4.78 is 18.6. The number of nitrogens with one attached hydrogen (secondary N) is 1. The van der Waals surface area contributed by atoms with E-state index >= 15 is 0 Å². The van der Waals surface area contributed by atoms with E-state index in [1.165, 1.54) is 24.3 Å². The first kappa shape index (κ1) is 17.0. The molecule has 0 unspecified atom stereocenters. The second kappa shape index (κ2) is 7.81. The molecular formula is C19H15FN2O2S. The summed E-state index contributed by atoms with van der Waals surface area (Å²) in [5, 5.41) is 2.67. The first-order chi connectivity index (χ1) is 12.1. The molecule has 0 fully saturated rings. The van der Waals surface area contributed by atoms with E-state index in [4.69, 9.17) is 4.74 Å². The number of amides is 1. The summed E-state index contributed by atoms with van der Waals surface area (Å²) >= 11 is 1.64. The van der Waals surface area contributed by atoms with E-state index in [0.29, 0.717) is 17.3 Å². The molecule has 0 spiro atoms. The van der Waals surface area contributed by atoms with E-state index in [0.717, 1.165) is 4.90 Å². The van der Waals surface area contributed by atoms with Crippen LogP contribution in [0, 0.1) is 5.82 Å². The lowest BCUT2D eigenvalue weighted by atomic mass is 10.3. The predicted octanol–water partition coefficient (Wildman–Crippen LogP) is 4.99. The molecule has 0 aliphatic rings. The number of ether oxygens (including phenoxy) is 1. The molecule has 0 bridgehead atoms. The van der Waals surface area contributed by atoms with Gasteiger partial charge in [0.25, 0.3) is 5.91 Å². The largest absolute Gasteiger partial charge is 0.439 e. The number of benzene rings is 2. The van der Waals surface area contributed by atoms with Crippen LogP contribution in [-0.4, -0.2) is 17.1 Å². The van der Waals surface area contributed by atoms with Gasteiger partial charge in [0.15, 0.2) is 0 Å². The van der Waals surface area contributed by atoms with Crippen LogP contribution >= 0.6 is 11.8 Å². The number of carbonyl (C=O) groups excluding carboxylic acids is 1. The van der Waals surface area contributed by atoms with Crippen LogP contribution in [0.4, 0.5) is 10.1 Å². The minimum absolute atomic E-state index is 0.211. The molecule has 3 rings (SSSR count). The van der Waals surface area contributed by atoms with E-state index < -0.39 is 5.91 Å². The maximum Gasteiger partial charge on any atom is 0.274 e. The van der Waals surface area contributed by atoms with Gasteiger partial charge in [0.2, 0.25) is 5.88 Å². The quantitative estimate of drug-likeness (QED) is 0.656. The number of nitrogens with zero attached hydrogens (tertiary/aromatic N) is 1. The number of rotatable bonds is 5. The summed E-state index contributed by atoms with van der Waals surface area (Å²) in [4.78, 5) is 17.6. The first-order valence-electron chi connectivity index (χ1n) is 7.50. The molecule has 3 aromatic rings. The molecule has 0 aliphatic heterocycles. The van der Waals surface area contributed by atoms with Crippen LogP contribution in [0.15, 0.2) is 71.6 Å². The van der Waals surface area contributed by atoms with Crippen LogP contribution in [0.1, 0.15) is 10.5 Å². The third-order valence-corrected chi connectivity index (χ3v) is 4.08. The van der Waals surface area contributed by atoms with Crippen LogP contribution in [0.5, 0.6) is 11.6 Å². The first-order valence-corrected chi connectivity index (χ1v) is 8.72. The van der Waals surface area contributed by atoms with Crippen molar-refractivity contribution in [2.24, 2.45) is 0 Å². The zero-order valence-electron chi connectivity index (χ0n) is 13.4. The molecule has 4 nitrogen and oxygen atoms in total. The SMILES string of the molecule is CSc1ccc(Oc2cccc(C(=O)Nc3ccc(F)cc3)n2)cc1. The van der Waals surface area contributed by atoms with Gasteiger partial charge < -0.3 is 10.1 Å². The second-order valence-electron chi connectivity index (χ2n) is 5.10. The van der Waals surface area contributed by atoms with Gasteiger partial charge in [0.05, 0.1) is 0 Å². The van der Waals surface area contributed by atoms with Gasteiger partial charge in [-0.2, -0.15) is 0 Å². The van der Waals surface area contributed by atoms with Gasteiger partial charge in [0.1, 0.15) is 17.3 Å².